The number of halogens is 2. The Morgan fingerprint density at radius 2 is 1.83 bits per heavy atom. The van der Waals surface area contributed by atoms with Crippen molar-refractivity contribution in [3.63, 3.8) is 0 Å². The molecule has 2 aliphatic rings. The molecule has 0 saturated heterocycles. The first-order valence-corrected chi connectivity index (χ1v) is 10.2. The minimum atomic E-state index is -0.383. The lowest BCUT2D eigenvalue weighted by molar-refractivity contribution is -0.120. The van der Waals surface area contributed by atoms with E-state index in [0.29, 0.717) is 11.6 Å². The molecule has 3 aromatic rings. The summed E-state index contributed by atoms with van der Waals surface area (Å²) in [6, 6.07) is 9.72. The molecule has 0 unspecified atom stereocenters. The molecule has 2 saturated carbocycles. The van der Waals surface area contributed by atoms with Crippen molar-refractivity contribution in [2.45, 2.75) is 44.4 Å². The summed E-state index contributed by atoms with van der Waals surface area (Å²) >= 11 is 0. The highest BCUT2D eigenvalue weighted by atomic mass is 19.1. The fraction of sp³-hybridized carbons (Fsp3) is 0.375. The van der Waals surface area contributed by atoms with Crippen molar-refractivity contribution in [2.75, 3.05) is 0 Å². The van der Waals surface area contributed by atoms with Gasteiger partial charge in [0.1, 0.15) is 17.4 Å². The third-order valence-corrected chi connectivity index (χ3v) is 6.88. The first-order chi connectivity index (χ1) is 14.0. The Morgan fingerprint density at radius 3 is 2.59 bits per heavy atom. The van der Waals surface area contributed by atoms with E-state index in [0.717, 1.165) is 43.0 Å². The number of hydrogen-bond acceptors (Lipinski definition) is 3. The highest BCUT2D eigenvalue weighted by Crippen LogP contribution is 2.63. The zero-order chi connectivity index (χ0) is 20.0. The Kier molecular flexibility index (Phi) is 4.41. The second kappa shape index (κ2) is 6.97. The Balaban J connectivity index is 1.26. The first kappa shape index (κ1) is 18.3. The summed E-state index contributed by atoms with van der Waals surface area (Å²) in [6.07, 6.45) is 8.25. The molecule has 148 valence electrons. The van der Waals surface area contributed by atoms with Crippen LogP contribution in [0.2, 0.25) is 0 Å². The summed E-state index contributed by atoms with van der Waals surface area (Å²) in [5.74, 6) is 0.0798. The maximum Gasteiger partial charge on any atom is 0.142 e. The van der Waals surface area contributed by atoms with Gasteiger partial charge in [-0.05, 0) is 85.4 Å². The molecular formula is C24H22F2N2O. The predicted octanol–water partition coefficient (Wildman–Crippen LogP) is 5.38. The molecule has 0 aliphatic heterocycles. The lowest BCUT2D eigenvalue weighted by Gasteiger charge is -2.30. The van der Waals surface area contributed by atoms with E-state index in [2.05, 4.69) is 9.97 Å². The van der Waals surface area contributed by atoms with Crippen LogP contribution < -0.4 is 0 Å². The second-order valence-electron chi connectivity index (χ2n) is 8.57. The van der Waals surface area contributed by atoms with Crippen LogP contribution in [0.3, 0.4) is 0 Å². The van der Waals surface area contributed by atoms with E-state index < -0.39 is 0 Å². The monoisotopic (exact) mass is 392 g/mol. The molecule has 1 spiro atoms. The predicted molar refractivity (Wildman–Crippen MR) is 106 cm³/mol. The van der Waals surface area contributed by atoms with Crippen LogP contribution in [0.4, 0.5) is 8.78 Å². The van der Waals surface area contributed by atoms with E-state index in [1.54, 1.807) is 24.4 Å². The molecule has 2 fully saturated rings. The van der Waals surface area contributed by atoms with Gasteiger partial charge in [0, 0.05) is 29.6 Å². The van der Waals surface area contributed by atoms with Gasteiger partial charge in [-0.15, -0.1) is 0 Å². The number of rotatable bonds is 4. The summed E-state index contributed by atoms with van der Waals surface area (Å²) in [7, 11) is 0. The highest BCUT2D eigenvalue weighted by molar-refractivity contribution is 5.86. The number of fused-ring (bicyclic) bond motifs is 1. The number of carbonyl (C=O) groups excluding carboxylic acids is 1. The standard InChI is InChI=1S/C24H22F2N2O/c25-16-2-4-22-20(11-16)19(7-10-27-22)15-5-8-24(9-6-15)13-21(24)23(29)12-18-3-1-17(26)14-28-18/h1-4,7,10-11,14-15,21H,5-6,8-9,12-13H2/t15?,21-,24?/m1/s1. The van der Waals surface area contributed by atoms with Crippen LogP contribution in [0.25, 0.3) is 10.9 Å². The number of benzene rings is 1. The average Bonchev–Trinajstić information content (AvgIpc) is 3.43. The molecule has 0 amide bonds. The van der Waals surface area contributed by atoms with Crippen LogP contribution in [-0.2, 0) is 11.2 Å². The van der Waals surface area contributed by atoms with Crippen LogP contribution >= 0.6 is 0 Å². The Bertz CT molecular complexity index is 1070. The van der Waals surface area contributed by atoms with Crippen LogP contribution in [0.15, 0.2) is 48.8 Å². The summed E-state index contributed by atoms with van der Waals surface area (Å²) < 4.78 is 26.8. The van der Waals surface area contributed by atoms with E-state index in [4.69, 9.17) is 0 Å². The van der Waals surface area contributed by atoms with Crippen LogP contribution in [0, 0.1) is 23.0 Å². The Hall–Kier alpha value is -2.69. The van der Waals surface area contributed by atoms with Gasteiger partial charge in [0.2, 0.25) is 0 Å². The SMILES string of the molecule is O=C(Cc1ccc(F)cn1)[C@H]1CC12CCC(c1ccnc3ccc(F)cc13)CC2. The fourth-order valence-corrected chi connectivity index (χ4v) is 5.17. The largest absolute Gasteiger partial charge is 0.299 e. The molecule has 1 aromatic carbocycles. The number of carbonyl (C=O) groups is 1. The summed E-state index contributed by atoms with van der Waals surface area (Å²) in [4.78, 5) is 21.1. The normalized spacial score (nSPS) is 26.0. The van der Waals surface area contributed by atoms with E-state index in [9.17, 15) is 13.6 Å². The van der Waals surface area contributed by atoms with Crippen LogP contribution in [-0.4, -0.2) is 15.8 Å². The van der Waals surface area contributed by atoms with Gasteiger partial charge in [0.15, 0.2) is 0 Å². The number of hydrogen-bond donors (Lipinski definition) is 0. The molecule has 2 aromatic heterocycles. The third kappa shape index (κ3) is 3.43. The Labute approximate surface area is 168 Å². The molecule has 2 aliphatic carbocycles. The van der Waals surface area contributed by atoms with Gasteiger partial charge in [-0.1, -0.05) is 0 Å². The number of pyridine rings is 2. The first-order valence-electron chi connectivity index (χ1n) is 10.2. The van der Waals surface area contributed by atoms with Gasteiger partial charge >= 0.3 is 0 Å². The minimum Gasteiger partial charge on any atom is -0.299 e. The van der Waals surface area contributed by atoms with Crippen LogP contribution in [0.5, 0.6) is 0 Å². The average molecular weight is 392 g/mol. The zero-order valence-electron chi connectivity index (χ0n) is 16.1. The van der Waals surface area contributed by atoms with Gasteiger partial charge in [-0.2, -0.15) is 0 Å². The van der Waals surface area contributed by atoms with Gasteiger partial charge in [0.05, 0.1) is 11.7 Å². The number of Topliss-reactive ketones (excluding diaryl/α,β-unsaturated/α-hetero) is 1. The van der Waals surface area contributed by atoms with E-state index in [1.165, 1.54) is 23.9 Å². The molecule has 5 rings (SSSR count). The third-order valence-electron chi connectivity index (χ3n) is 6.88. The summed E-state index contributed by atoms with van der Waals surface area (Å²) in [5.41, 5.74) is 2.76. The minimum absolute atomic E-state index is 0.0990. The van der Waals surface area contributed by atoms with Crippen LogP contribution in [0.1, 0.15) is 49.3 Å². The zero-order valence-corrected chi connectivity index (χ0v) is 16.1. The van der Waals surface area contributed by atoms with Crippen molar-refractivity contribution in [1.29, 1.82) is 0 Å². The molecule has 0 radical (unpaired) electrons. The van der Waals surface area contributed by atoms with Crippen molar-refractivity contribution in [2.24, 2.45) is 11.3 Å². The maximum absolute atomic E-state index is 13.8. The van der Waals surface area contributed by atoms with Crippen molar-refractivity contribution >= 4 is 16.7 Å². The van der Waals surface area contributed by atoms with Crippen molar-refractivity contribution in [3.8, 4) is 0 Å². The van der Waals surface area contributed by atoms with Gasteiger partial charge in [0.25, 0.3) is 0 Å². The highest BCUT2D eigenvalue weighted by Gasteiger charge is 2.57. The topological polar surface area (TPSA) is 42.9 Å². The second-order valence-corrected chi connectivity index (χ2v) is 8.57. The molecule has 5 heteroatoms. The lowest BCUT2D eigenvalue weighted by atomic mass is 9.74. The van der Waals surface area contributed by atoms with E-state index in [1.807, 2.05) is 6.07 Å². The summed E-state index contributed by atoms with van der Waals surface area (Å²) in [5, 5.41) is 0.902. The molecule has 0 bridgehead atoms. The molecular weight excluding hydrogens is 370 g/mol. The molecule has 29 heavy (non-hydrogen) atoms. The Morgan fingerprint density at radius 1 is 1.03 bits per heavy atom. The van der Waals surface area contributed by atoms with Crippen molar-refractivity contribution in [3.05, 3.63) is 71.7 Å². The number of aromatic nitrogens is 2. The van der Waals surface area contributed by atoms with E-state index >= 15 is 0 Å². The van der Waals surface area contributed by atoms with Crippen molar-refractivity contribution in [1.82, 2.24) is 9.97 Å². The smallest absolute Gasteiger partial charge is 0.142 e. The molecule has 2 heterocycles. The fourth-order valence-electron chi connectivity index (χ4n) is 5.17. The lowest BCUT2D eigenvalue weighted by Crippen LogP contribution is -2.20. The van der Waals surface area contributed by atoms with E-state index in [-0.39, 0.29) is 35.2 Å². The van der Waals surface area contributed by atoms with Gasteiger partial charge in [-0.3, -0.25) is 14.8 Å². The van der Waals surface area contributed by atoms with Gasteiger partial charge < -0.3 is 0 Å². The summed E-state index contributed by atoms with van der Waals surface area (Å²) in [6.45, 7) is 0. The number of nitrogens with zero attached hydrogens (tertiary/aromatic N) is 2. The maximum atomic E-state index is 13.8. The number of ketones is 1. The molecule has 0 N–H and O–H groups in total. The van der Waals surface area contributed by atoms with Crippen molar-refractivity contribution < 1.29 is 13.6 Å². The molecule has 3 nitrogen and oxygen atoms in total. The molecule has 1 atom stereocenters. The van der Waals surface area contributed by atoms with Gasteiger partial charge in [-0.25, -0.2) is 8.78 Å². The quantitative estimate of drug-likeness (QED) is 0.598.